The second-order valence-electron chi connectivity index (χ2n) is 8.59. The summed E-state index contributed by atoms with van der Waals surface area (Å²) in [5.41, 5.74) is -0.549. The van der Waals surface area contributed by atoms with Gasteiger partial charge in [-0.2, -0.15) is 0 Å². The minimum Gasteiger partial charge on any atom is -0.469 e. The highest BCUT2D eigenvalue weighted by molar-refractivity contribution is 7.11. The van der Waals surface area contributed by atoms with Gasteiger partial charge in [0.25, 0.3) is 0 Å². The minimum atomic E-state index is -0.549. The van der Waals surface area contributed by atoms with Crippen molar-refractivity contribution in [2.24, 2.45) is 0 Å². The van der Waals surface area contributed by atoms with Crippen LogP contribution in [0.3, 0.4) is 0 Å². The number of hydrogen-bond acceptors (Lipinski definition) is 8. The Kier molecular flexibility index (Phi) is 6.80. The molecule has 9 heteroatoms. The zero-order valence-corrected chi connectivity index (χ0v) is 18.7. The molecule has 0 spiro atoms. The molecule has 1 aromatic rings. The summed E-state index contributed by atoms with van der Waals surface area (Å²) in [7, 11) is 3.12. The number of esters is 1. The number of rotatable bonds is 6. The summed E-state index contributed by atoms with van der Waals surface area (Å²) in [4.78, 5) is 34.0. The standard InChI is InChI=1S/C20H31N3O5S/c1-20(2,3)28-19(25)23-10-13(22-11-14(12-22)26-4)8-16(23)18-21-9-15(29-18)6-7-17(24)27-5/h9,13-14,16H,6-8,10-12H2,1-5H3/t13-,16-/m0/s1. The first kappa shape index (κ1) is 22.0. The van der Waals surface area contributed by atoms with Gasteiger partial charge in [-0.05, 0) is 33.6 Å². The number of carbonyl (C=O) groups is 2. The maximum Gasteiger partial charge on any atom is 0.410 e. The van der Waals surface area contributed by atoms with E-state index < -0.39 is 5.60 Å². The van der Waals surface area contributed by atoms with Crippen molar-refractivity contribution in [3.8, 4) is 0 Å². The highest BCUT2D eigenvalue weighted by atomic mass is 32.1. The van der Waals surface area contributed by atoms with E-state index in [4.69, 9.17) is 14.2 Å². The Morgan fingerprint density at radius 1 is 1.24 bits per heavy atom. The van der Waals surface area contributed by atoms with Crippen molar-refractivity contribution in [3.63, 3.8) is 0 Å². The summed E-state index contributed by atoms with van der Waals surface area (Å²) in [5, 5.41) is 0.891. The van der Waals surface area contributed by atoms with Crippen LogP contribution in [0.25, 0.3) is 0 Å². The fourth-order valence-electron chi connectivity index (χ4n) is 3.67. The molecule has 0 aliphatic carbocycles. The molecule has 1 aromatic heterocycles. The summed E-state index contributed by atoms with van der Waals surface area (Å²) < 4.78 is 15.8. The summed E-state index contributed by atoms with van der Waals surface area (Å²) in [5.74, 6) is -0.234. The van der Waals surface area contributed by atoms with Crippen molar-refractivity contribution >= 4 is 23.4 Å². The molecule has 2 aliphatic rings. The van der Waals surface area contributed by atoms with Crippen molar-refractivity contribution in [2.45, 2.75) is 63.8 Å². The fraction of sp³-hybridized carbons (Fsp3) is 0.750. The maximum absolute atomic E-state index is 12.9. The zero-order valence-electron chi connectivity index (χ0n) is 17.8. The summed E-state index contributed by atoms with van der Waals surface area (Å²) in [6, 6.07) is 0.148. The van der Waals surface area contributed by atoms with Crippen LogP contribution in [0.5, 0.6) is 0 Å². The van der Waals surface area contributed by atoms with Crippen molar-refractivity contribution < 1.29 is 23.8 Å². The Balaban J connectivity index is 1.71. The van der Waals surface area contributed by atoms with Crippen LogP contribution in [0.2, 0.25) is 0 Å². The van der Waals surface area contributed by atoms with Gasteiger partial charge in [-0.15, -0.1) is 11.3 Å². The molecule has 0 saturated carbocycles. The van der Waals surface area contributed by atoms with Gasteiger partial charge >= 0.3 is 12.1 Å². The predicted octanol–water partition coefficient (Wildman–Crippen LogP) is 2.63. The van der Waals surface area contributed by atoms with Gasteiger partial charge in [0, 0.05) is 43.9 Å². The number of methoxy groups -OCH3 is 2. The van der Waals surface area contributed by atoms with E-state index in [9.17, 15) is 9.59 Å². The number of aryl methyl sites for hydroxylation is 1. The summed E-state index contributed by atoms with van der Waals surface area (Å²) >= 11 is 1.55. The summed E-state index contributed by atoms with van der Waals surface area (Å²) in [6.07, 6.45) is 3.50. The molecule has 2 aliphatic heterocycles. The van der Waals surface area contributed by atoms with Crippen LogP contribution < -0.4 is 0 Å². The molecule has 2 saturated heterocycles. The Hall–Kier alpha value is -1.71. The van der Waals surface area contributed by atoms with Crippen molar-refractivity contribution in [2.75, 3.05) is 33.9 Å². The number of thiazole rings is 1. The molecule has 0 unspecified atom stereocenters. The van der Waals surface area contributed by atoms with E-state index >= 15 is 0 Å². The smallest absolute Gasteiger partial charge is 0.410 e. The molecular formula is C20H31N3O5S. The molecule has 0 N–H and O–H groups in total. The third-order valence-electron chi connectivity index (χ3n) is 5.29. The average Bonchev–Trinajstić information content (AvgIpc) is 3.24. The maximum atomic E-state index is 12.9. The molecule has 2 fully saturated rings. The first-order valence-electron chi connectivity index (χ1n) is 9.98. The number of ether oxygens (including phenoxy) is 3. The monoisotopic (exact) mass is 425 g/mol. The lowest BCUT2D eigenvalue weighted by Gasteiger charge is -2.42. The van der Waals surface area contributed by atoms with E-state index in [1.54, 1.807) is 29.5 Å². The minimum absolute atomic E-state index is 0.117. The lowest BCUT2D eigenvalue weighted by molar-refractivity contribution is -0.140. The molecule has 29 heavy (non-hydrogen) atoms. The average molecular weight is 426 g/mol. The van der Waals surface area contributed by atoms with Crippen molar-refractivity contribution in [3.05, 3.63) is 16.1 Å². The van der Waals surface area contributed by atoms with Crippen LogP contribution in [-0.4, -0.2) is 78.4 Å². The van der Waals surface area contributed by atoms with Crippen LogP contribution in [0.1, 0.15) is 49.5 Å². The van der Waals surface area contributed by atoms with E-state index in [1.807, 2.05) is 20.8 Å². The Bertz CT molecular complexity index is 726. The van der Waals surface area contributed by atoms with Crippen LogP contribution >= 0.6 is 11.3 Å². The van der Waals surface area contributed by atoms with Crippen LogP contribution in [-0.2, 0) is 25.4 Å². The highest BCUT2D eigenvalue weighted by Gasteiger charge is 2.44. The second-order valence-corrected chi connectivity index (χ2v) is 9.74. The lowest BCUT2D eigenvalue weighted by Crippen LogP contribution is -2.56. The molecule has 162 valence electrons. The lowest BCUT2D eigenvalue weighted by atomic mass is 10.1. The van der Waals surface area contributed by atoms with Gasteiger partial charge in [-0.25, -0.2) is 9.78 Å². The van der Waals surface area contributed by atoms with Crippen LogP contribution in [0.15, 0.2) is 6.20 Å². The van der Waals surface area contributed by atoms with E-state index in [1.165, 1.54) is 7.11 Å². The Labute approximate surface area is 176 Å². The number of likely N-dealkylation sites (tertiary alicyclic amines) is 2. The molecule has 2 atom stereocenters. The third-order valence-corrected chi connectivity index (χ3v) is 6.45. The van der Waals surface area contributed by atoms with Gasteiger partial charge < -0.3 is 14.2 Å². The van der Waals surface area contributed by atoms with Gasteiger partial charge in [-0.1, -0.05) is 0 Å². The Morgan fingerprint density at radius 2 is 1.97 bits per heavy atom. The first-order valence-corrected chi connectivity index (χ1v) is 10.8. The van der Waals surface area contributed by atoms with E-state index in [0.717, 1.165) is 29.4 Å². The fourth-order valence-corrected chi connectivity index (χ4v) is 4.71. The molecule has 8 nitrogen and oxygen atoms in total. The zero-order chi connectivity index (χ0) is 21.2. The van der Waals surface area contributed by atoms with Crippen molar-refractivity contribution in [1.29, 1.82) is 0 Å². The molecule has 0 radical (unpaired) electrons. The number of carbonyl (C=O) groups excluding carboxylic acids is 2. The largest absolute Gasteiger partial charge is 0.469 e. The predicted molar refractivity (Wildman–Crippen MR) is 109 cm³/mol. The van der Waals surface area contributed by atoms with Gasteiger partial charge in [0.15, 0.2) is 0 Å². The normalized spacial score (nSPS) is 23.1. The molecule has 1 amide bonds. The number of hydrogen-bond donors (Lipinski definition) is 0. The molecule has 0 aromatic carbocycles. The SMILES string of the molecule is COC(=O)CCc1cnc([C@@H]2C[C@H](N3CC(OC)C3)CN2C(=O)OC(C)(C)C)s1. The summed E-state index contributed by atoms with van der Waals surface area (Å²) in [6.45, 7) is 8.02. The van der Waals surface area contributed by atoms with Gasteiger partial charge in [0.05, 0.1) is 25.7 Å². The highest BCUT2D eigenvalue weighted by Crippen LogP contribution is 2.38. The third kappa shape index (κ3) is 5.46. The Morgan fingerprint density at radius 3 is 2.59 bits per heavy atom. The van der Waals surface area contributed by atoms with Gasteiger partial charge in [0.2, 0.25) is 0 Å². The topological polar surface area (TPSA) is 81.2 Å². The van der Waals surface area contributed by atoms with E-state index in [0.29, 0.717) is 19.4 Å². The van der Waals surface area contributed by atoms with Gasteiger partial charge in [0.1, 0.15) is 10.6 Å². The molecule has 0 bridgehead atoms. The number of amides is 1. The van der Waals surface area contributed by atoms with Crippen LogP contribution in [0.4, 0.5) is 4.79 Å². The second kappa shape index (κ2) is 8.97. The number of aromatic nitrogens is 1. The molecule has 3 rings (SSSR count). The van der Waals surface area contributed by atoms with Crippen LogP contribution in [0, 0.1) is 0 Å². The molecular weight excluding hydrogens is 394 g/mol. The quantitative estimate of drug-likeness (QED) is 0.648. The molecule has 3 heterocycles. The van der Waals surface area contributed by atoms with Gasteiger partial charge in [-0.3, -0.25) is 14.6 Å². The van der Waals surface area contributed by atoms with E-state index in [2.05, 4.69) is 9.88 Å². The van der Waals surface area contributed by atoms with E-state index in [-0.39, 0.29) is 30.3 Å². The first-order chi connectivity index (χ1) is 13.7. The van der Waals surface area contributed by atoms with Crippen molar-refractivity contribution in [1.82, 2.24) is 14.8 Å². The number of nitrogens with zero attached hydrogens (tertiary/aromatic N) is 3.